The molecule has 134 valence electrons. The molecule has 3 aromatic rings. The number of hydrogen-bond donors (Lipinski definition) is 0. The highest BCUT2D eigenvalue weighted by atomic mass is 32.2. The van der Waals surface area contributed by atoms with E-state index in [4.69, 9.17) is 4.74 Å². The van der Waals surface area contributed by atoms with Crippen molar-refractivity contribution in [1.82, 2.24) is 9.29 Å². The Balaban J connectivity index is 1.86. The third-order valence-electron chi connectivity index (χ3n) is 4.21. The Labute approximate surface area is 156 Å². The van der Waals surface area contributed by atoms with Gasteiger partial charge in [-0.05, 0) is 5.56 Å². The molecule has 2 heterocycles. The number of thiazole rings is 1. The second-order valence-corrected chi connectivity index (χ2v) is 8.75. The summed E-state index contributed by atoms with van der Waals surface area (Å²) < 4.78 is 33.2. The molecule has 1 aliphatic rings. The molecule has 7 heteroatoms. The number of morpholine rings is 1. The van der Waals surface area contributed by atoms with E-state index in [-0.39, 0.29) is 5.03 Å². The summed E-state index contributed by atoms with van der Waals surface area (Å²) in [7, 11) is -3.68. The molecule has 0 spiro atoms. The highest BCUT2D eigenvalue weighted by molar-refractivity contribution is 7.89. The highest BCUT2D eigenvalue weighted by Gasteiger charge is 2.32. The fourth-order valence-electron chi connectivity index (χ4n) is 2.87. The SMILES string of the molecule is O=S(=O)(c1nc(-c2ccccc2)sc1-c1ccccc1)N1CCOCC1. The molecule has 1 aliphatic heterocycles. The van der Waals surface area contributed by atoms with E-state index in [2.05, 4.69) is 4.98 Å². The van der Waals surface area contributed by atoms with Gasteiger partial charge in [0.1, 0.15) is 5.01 Å². The number of benzene rings is 2. The van der Waals surface area contributed by atoms with Crippen molar-refractivity contribution in [3.8, 4) is 21.0 Å². The molecule has 5 nitrogen and oxygen atoms in total. The van der Waals surface area contributed by atoms with Crippen LogP contribution < -0.4 is 0 Å². The Morgan fingerprint density at radius 2 is 1.46 bits per heavy atom. The quantitative estimate of drug-likeness (QED) is 0.689. The minimum Gasteiger partial charge on any atom is -0.379 e. The summed E-state index contributed by atoms with van der Waals surface area (Å²) in [5.74, 6) is 0. The molecule has 0 atom stereocenters. The summed E-state index contributed by atoms with van der Waals surface area (Å²) in [6.07, 6.45) is 0. The Kier molecular flexibility index (Phi) is 4.86. The number of rotatable bonds is 4. The summed E-state index contributed by atoms with van der Waals surface area (Å²) in [4.78, 5) is 5.23. The van der Waals surface area contributed by atoms with Gasteiger partial charge in [-0.25, -0.2) is 13.4 Å². The molecular weight excluding hydrogens is 368 g/mol. The number of aromatic nitrogens is 1. The van der Waals surface area contributed by atoms with Gasteiger partial charge < -0.3 is 4.74 Å². The van der Waals surface area contributed by atoms with Gasteiger partial charge in [0.2, 0.25) is 0 Å². The maximum Gasteiger partial charge on any atom is 0.262 e. The lowest BCUT2D eigenvalue weighted by atomic mass is 10.2. The molecule has 0 radical (unpaired) electrons. The molecule has 0 saturated carbocycles. The zero-order valence-corrected chi connectivity index (χ0v) is 15.7. The molecule has 2 aromatic carbocycles. The third kappa shape index (κ3) is 3.31. The van der Waals surface area contributed by atoms with Crippen molar-refractivity contribution in [1.29, 1.82) is 0 Å². The molecule has 1 saturated heterocycles. The fraction of sp³-hybridized carbons (Fsp3) is 0.211. The van der Waals surface area contributed by atoms with Gasteiger partial charge in [0, 0.05) is 18.7 Å². The first-order valence-electron chi connectivity index (χ1n) is 8.36. The molecule has 1 aromatic heterocycles. The highest BCUT2D eigenvalue weighted by Crippen LogP contribution is 2.38. The number of hydrogen-bond acceptors (Lipinski definition) is 5. The molecule has 0 bridgehead atoms. The average molecular weight is 386 g/mol. The second-order valence-electron chi connectivity index (χ2n) is 5.90. The van der Waals surface area contributed by atoms with Crippen LogP contribution in [-0.4, -0.2) is 44.0 Å². The van der Waals surface area contributed by atoms with E-state index in [0.717, 1.165) is 11.1 Å². The summed E-state index contributed by atoms with van der Waals surface area (Å²) in [6, 6.07) is 19.2. The van der Waals surface area contributed by atoms with Crippen LogP contribution in [0.25, 0.3) is 21.0 Å². The van der Waals surface area contributed by atoms with Crippen molar-refractivity contribution in [2.45, 2.75) is 5.03 Å². The van der Waals surface area contributed by atoms with E-state index in [0.29, 0.717) is 36.2 Å². The van der Waals surface area contributed by atoms with Crippen LogP contribution in [0.5, 0.6) is 0 Å². The van der Waals surface area contributed by atoms with Crippen molar-refractivity contribution in [2.75, 3.05) is 26.3 Å². The minimum absolute atomic E-state index is 0.134. The zero-order valence-electron chi connectivity index (χ0n) is 14.0. The van der Waals surface area contributed by atoms with Crippen molar-refractivity contribution in [3.05, 3.63) is 60.7 Å². The van der Waals surface area contributed by atoms with Gasteiger partial charge in [0.15, 0.2) is 5.03 Å². The van der Waals surface area contributed by atoms with Crippen molar-refractivity contribution in [3.63, 3.8) is 0 Å². The first kappa shape index (κ1) is 17.4. The van der Waals surface area contributed by atoms with E-state index < -0.39 is 10.0 Å². The van der Waals surface area contributed by atoms with E-state index >= 15 is 0 Å². The Hall–Kier alpha value is -2.06. The van der Waals surface area contributed by atoms with Crippen LogP contribution >= 0.6 is 11.3 Å². The number of ether oxygens (including phenoxy) is 1. The molecule has 0 aliphatic carbocycles. The standard InChI is InChI=1S/C19H18N2O3S2/c22-26(23,21-11-13-24-14-12-21)19-17(15-7-3-1-4-8-15)25-18(20-19)16-9-5-2-6-10-16/h1-10H,11-14H2. The third-order valence-corrected chi connectivity index (χ3v) is 7.32. The van der Waals surface area contributed by atoms with Gasteiger partial charge >= 0.3 is 0 Å². The molecule has 1 fully saturated rings. The van der Waals surface area contributed by atoms with Crippen molar-refractivity contribution < 1.29 is 13.2 Å². The van der Waals surface area contributed by atoms with Gasteiger partial charge in [-0.1, -0.05) is 60.7 Å². The Morgan fingerprint density at radius 3 is 2.08 bits per heavy atom. The lowest BCUT2D eigenvalue weighted by Gasteiger charge is -2.25. The second kappa shape index (κ2) is 7.28. The summed E-state index contributed by atoms with van der Waals surface area (Å²) in [6.45, 7) is 1.54. The number of nitrogens with zero attached hydrogens (tertiary/aromatic N) is 2. The summed E-state index contributed by atoms with van der Waals surface area (Å²) in [5, 5.41) is 0.839. The van der Waals surface area contributed by atoms with E-state index in [9.17, 15) is 8.42 Å². The van der Waals surface area contributed by atoms with Crippen LogP contribution in [-0.2, 0) is 14.8 Å². The van der Waals surface area contributed by atoms with Crippen LogP contribution in [0.3, 0.4) is 0 Å². The van der Waals surface area contributed by atoms with Gasteiger partial charge in [-0.3, -0.25) is 0 Å². The largest absolute Gasteiger partial charge is 0.379 e. The van der Waals surface area contributed by atoms with Gasteiger partial charge in [0.25, 0.3) is 10.0 Å². The lowest BCUT2D eigenvalue weighted by Crippen LogP contribution is -2.40. The smallest absolute Gasteiger partial charge is 0.262 e. The monoisotopic (exact) mass is 386 g/mol. The molecule has 0 unspecified atom stereocenters. The Morgan fingerprint density at radius 1 is 0.885 bits per heavy atom. The number of sulfonamides is 1. The molecule has 0 N–H and O–H groups in total. The molecular formula is C19H18N2O3S2. The summed E-state index contributed by atoms with van der Waals surface area (Å²) in [5.41, 5.74) is 1.78. The first-order valence-corrected chi connectivity index (χ1v) is 10.6. The average Bonchev–Trinajstić information content (AvgIpc) is 3.16. The normalized spacial score (nSPS) is 15.8. The van der Waals surface area contributed by atoms with Crippen LogP contribution in [0.1, 0.15) is 0 Å². The van der Waals surface area contributed by atoms with Gasteiger partial charge in [-0.15, -0.1) is 11.3 Å². The van der Waals surface area contributed by atoms with Gasteiger partial charge in [-0.2, -0.15) is 4.31 Å². The molecule has 4 rings (SSSR count). The molecule has 26 heavy (non-hydrogen) atoms. The van der Waals surface area contributed by atoms with Crippen molar-refractivity contribution in [2.24, 2.45) is 0 Å². The predicted molar refractivity (Wildman–Crippen MR) is 103 cm³/mol. The van der Waals surface area contributed by atoms with Crippen LogP contribution in [0.4, 0.5) is 0 Å². The predicted octanol–water partition coefficient (Wildman–Crippen LogP) is 3.50. The maximum absolute atomic E-state index is 13.2. The van der Waals surface area contributed by atoms with Crippen LogP contribution in [0.2, 0.25) is 0 Å². The van der Waals surface area contributed by atoms with E-state index in [1.165, 1.54) is 15.6 Å². The Bertz CT molecular complexity index is 980. The lowest BCUT2D eigenvalue weighted by molar-refractivity contribution is 0.0729. The van der Waals surface area contributed by atoms with Gasteiger partial charge in [0.05, 0.1) is 18.1 Å². The fourth-order valence-corrected chi connectivity index (χ4v) is 5.77. The van der Waals surface area contributed by atoms with E-state index in [1.807, 2.05) is 60.7 Å². The summed E-state index contributed by atoms with van der Waals surface area (Å²) >= 11 is 1.41. The topological polar surface area (TPSA) is 59.5 Å². The van der Waals surface area contributed by atoms with Crippen LogP contribution in [0, 0.1) is 0 Å². The maximum atomic E-state index is 13.2. The van der Waals surface area contributed by atoms with Crippen molar-refractivity contribution >= 4 is 21.4 Å². The van der Waals surface area contributed by atoms with E-state index in [1.54, 1.807) is 0 Å². The minimum atomic E-state index is -3.68. The first-order chi connectivity index (χ1) is 12.7. The zero-order chi connectivity index (χ0) is 18.0. The van der Waals surface area contributed by atoms with Crippen LogP contribution in [0.15, 0.2) is 65.7 Å². The molecule has 0 amide bonds.